The number of carbonyl (C=O) groups excluding carboxylic acids is 1. The highest BCUT2D eigenvalue weighted by Crippen LogP contribution is 2.34. The number of benzene rings is 1. The summed E-state index contributed by atoms with van der Waals surface area (Å²) in [6, 6.07) is 7.71. The molecule has 0 aliphatic rings. The van der Waals surface area contributed by atoms with Crippen LogP contribution in [0.25, 0.3) is 11.3 Å². The molecular weight excluding hydrogens is 359 g/mol. The van der Waals surface area contributed by atoms with Crippen molar-refractivity contribution >= 4 is 22.0 Å². The average Bonchev–Trinajstić information content (AvgIpc) is 3.11. The summed E-state index contributed by atoms with van der Waals surface area (Å²) in [5.74, 6) is -1.22. The number of rotatable bonds is 6. The van der Waals surface area contributed by atoms with Gasteiger partial charge in [-0.3, -0.25) is 14.5 Å². The summed E-state index contributed by atoms with van der Waals surface area (Å²) in [5.41, 5.74) is 2.16. The minimum absolute atomic E-state index is 0.0496. The number of ether oxygens (including phenoxy) is 1. The zero-order valence-corrected chi connectivity index (χ0v) is 16.2. The third-order valence-corrected chi connectivity index (χ3v) is 4.38. The second kappa shape index (κ2) is 7.50. The van der Waals surface area contributed by atoms with E-state index in [1.807, 2.05) is 36.7 Å². The van der Waals surface area contributed by atoms with Crippen molar-refractivity contribution in [3.05, 3.63) is 59.8 Å². The van der Waals surface area contributed by atoms with Gasteiger partial charge >= 0.3 is 0 Å². The van der Waals surface area contributed by atoms with E-state index in [0.29, 0.717) is 12.0 Å². The van der Waals surface area contributed by atoms with E-state index in [2.05, 4.69) is 10.1 Å². The first-order valence-corrected chi connectivity index (χ1v) is 8.90. The fourth-order valence-corrected chi connectivity index (χ4v) is 3.14. The molecule has 0 fully saturated rings. The summed E-state index contributed by atoms with van der Waals surface area (Å²) in [5, 5.41) is 13.2. The normalized spacial score (nSPS) is 11.6. The first-order valence-electron chi connectivity index (χ1n) is 8.90. The Hall–Kier alpha value is -3.09. The molecule has 0 amide bonds. The molecule has 1 N–H and O–H groups in total. The van der Waals surface area contributed by atoms with E-state index in [4.69, 9.17) is 4.74 Å². The van der Waals surface area contributed by atoms with Crippen molar-refractivity contribution < 1.29 is 19.0 Å². The predicted molar refractivity (Wildman–Crippen MR) is 109 cm³/mol. The number of phenolic OH excluding ortho intramolecular Hbond substituents is 1. The van der Waals surface area contributed by atoms with E-state index >= 15 is 0 Å². The van der Waals surface area contributed by atoms with Crippen LogP contribution in [0.15, 0.2) is 42.7 Å². The van der Waals surface area contributed by atoms with Gasteiger partial charge in [-0.05, 0) is 32.0 Å². The molecule has 0 aliphatic heterocycles. The van der Waals surface area contributed by atoms with Crippen molar-refractivity contribution in [3.8, 4) is 22.8 Å². The van der Waals surface area contributed by atoms with Crippen LogP contribution in [0.3, 0.4) is 0 Å². The van der Waals surface area contributed by atoms with Crippen molar-refractivity contribution in [1.82, 2.24) is 14.8 Å². The number of aromatic nitrogens is 3. The van der Waals surface area contributed by atoms with Gasteiger partial charge in [-0.1, -0.05) is 0 Å². The van der Waals surface area contributed by atoms with Crippen LogP contribution in [0.5, 0.6) is 11.5 Å². The van der Waals surface area contributed by atoms with E-state index in [-0.39, 0.29) is 17.4 Å². The van der Waals surface area contributed by atoms with Gasteiger partial charge in [0.15, 0.2) is 22.0 Å². The van der Waals surface area contributed by atoms with Crippen LogP contribution in [0.2, 0.25) is 0 Å². The van der Waals surface area contributed by atoms with Gasteiger partial charge < -0.3 is 9.84 Å². The molecule has 0 saturated heterocycles. The summed E-state index contributed by atoms with van der Waals surface area (Å²) < 4.78 is 21.6. The van der Waals surface area contributed by atoms with Crippen LogP contribution in [0.1, 0.15) is 35.9 Å². The lowest BCUT2D eigenvalue weighted by molar-refractivity contribution is 0.111. The molecule has 3 rings (SSSR count). The lowest BCUT2D eigenvalue weighted by Crippen LogP contribution is -2.36. The highest BCUT2D eigenvalue weighted by molar-refractivity contribution is 6.39. The Bertz CT molecular complexity index is 1020. The molecule has 0 radical (unpaired) electrons. The van der Waals surface area contributed by atoms with E-state index in [1.165, 1.54) is 0 Å². The Morgan fingerprint density at radius 2 is 2.04 bits per heavy atom. The van der Waals surface area contributed by atoms with Crippen LogP contribution in [0, 0.1) is 5.82 Å². The second-order valence-corrected chi connectivity index (χ2v) is 7.22. The topological polar surface area (TPSA) is 77.2 Å². The summed E-state index contributed by atoms with van der Waals surface area (Å²) in [7, 11) is 3.54. The summed E-state index contributed by atoms with van der Waals surface area (Å²) >= 11 is 0. The van der Waals surface area contributed by atoms with Crippen LogP contribution in [0.4, 0.5) is 4.39 Å². The maximum absolute atomic E-state index is 13.8. The number of hydrogen-bond donors (Lipinski definition) is 1. The molecule has 0 spiro atoms. The summed E-state index contributed by atoms with van der Waals surface area (Å²) in [6.07, 6.45) is 3.80. The number of nitrogens with zero attached hydrogens (tertiary/aromatic N) is 3. The molecular formula is C19H20B2FN3O3. The molecule has 0 saturated carbocycles. The monoisotopic (exact) mass is 379 g/mol. The molecule has 0 bridgehead atoms. The van der Waals surface area contributed by atoms with Gasteiger partial charge in [-0.15, -0.1) is 0 Å². The third kappa shape index (κ3) is 3.65. The fraction of sp³-hybridized carbons (Fsp3) is 0.211. The quantitative estimate of drug-likeness (QED) is 0.521. The number of halogens is 1. The van der Waals surface area contributed by atoms with E-state index < -0.39 is 17.0 Å². The van der Waals surface area contributed by atoms with Crippen LogP contribution < -0.4 is 4.74 Å². The fourth-order valence-electron chi connectivity index (χ4n) is 3.14. The Labute approximate surface area is 164 Å². The number of aldehydes is 1. The number of aromatic hydroxyl groups is 1. The third-order valence-electron chi connectivity index (χ3n) is 4.38. The van der Waals surface area contributed by atoms with Crippen molar-refractivity contribution in [2.75, 3.05) is 0 Å². The molecule has 9 heteroatoms. The molecule has 6 nitrogen and oxygen atoms in total. The maximum Gasteiger partial charge on any atom is 0.157 e. The van der Waals surface area contributed by atoms with E-state index in [9.17, 15) is 14.3 Å². The van der Waals surface area contributed by atoms with Crippen molar-refractivity contribution in [1.29, 1.82) is 0 Å². The van der Waals surface area contributed by atoms with Gasteiger partial charge in [0.25, 0.3) is 0 Å². The lowest BCUT2D eigenvalue weighted by atomic mass is 9.61. The van der Waals surface area contributed by atoms with Crippen molar-refractivity contribution in [2.45, 2.75) is 25.3 Å². The largest absolute Gasteiger partial charge is 0.507 e. The SMILES string of the molecule is BC(B)(Oc1cc(F)cc(O)c1C=O)c1ncccc1-c1ccnn1C(C)C. The first kappa shape index (κ1) is 19.7. The zero-order valence-electron chi connectivity index (χ0n) is 16.2. The number of phenols is 1. The molecule has 142 valence electrons. The first-order chi connectivity index (χ1) is 13.2. The van der Waals surface area contributed by atoms with Gasteiger partial charge in [-0.25, -0.2) is 4.39 Å². The van der Waals surface area contributed by atoms with Crippen LogP contribution >= 0.6 is 0 Å². The predicted octanol–water partition coefficient (Wildman–Crippen LogP) is 1.64. The summed E-state index contributed by atoms with van der Waals surface area (Å²) in [6.45, 7) is 4.06. The molecule has 0 unspecified atom stereocenters. The second-order valence-electron chi connectivity index (χ2n) is 7.22. The van der Waals surface area contributed by atoms with Gasteiger partial charge in [0, 0.05) is 36.1 Å². The zero-order chi connectivity index (χ0) is 20.5. The molecule has 3 aromatic rings. The minimum atomic E-state index is -1.03. The summed E-state index contributed by atoms with van der Waals surface area (Å²) in [4.78, 5) is 15.9. The van der Waals surface area contributed by atoms with E-state index in [0.717, 1.165) is 23.4 Å². The van der Waals surface area contributed by atoms with Crippen LogP contribution in [-0.2, 0) is 5.40 Å². The standard InChI is InChI=1S/C19H20B2FN3O3/c1-11(2)25-15(5-7-24-25)13-4-3-6-23-18(13)19(20,21)28-17-9-12(22)8-16(27)14(17)10-26/h3-11,27H,20-21H2,1-2H3. The van der Waals surface area contributed by atoms with Gasteiger partial charge in [0.1, 0.15) is 17.3 Å². The smallest absolute Gasteiger partial charge is 0.157 e. The Balaban J connectivity index is 2.10. The molecule has 2 aromatic heterocycles. The molecule has 28 heavy (non-hydrogen) atoms. The van der Waals surface area contributed by atoms with Crippen LogP contribution in [-0.4, -0.2) is 41.8 Å². The number of pyridine rings is 1. The Morgan fingerprint density at radius 1 is 1.29 bits per heavy atom. The number of hydrogen-bond acceptors (Lipinski definition) is 5. The maximum atomic E-state index is 13.8. The van der Waals surface area contributed by atoms with Gasteiger partial charge in [0.2, 0.25) is 0 Å². The molecule has 0 atom stereocenters. The molecule has 2 heterocycles. The molecule has 0 aliphatic carbocycles. The van der Waals surface area contributed by atoms with E-state index in [1.54, 1.807) is 28.1 Å². The Morgan fingerprint density at radius 3 is 2.71 bits per heavy atom. The van der Waals surface area contributed by atoms with Gasteiger partial charge in [-0.2, -0.15) is 5.10 Å². The molecule has 1 aromatic carbocycles. The minimum Gasteiger partial charge on any atom is -0.507 e. The Kier molecular flexibility index (Phi) is 5.27. The van der Waals surface area contributed by atoms with Gasteiger partial charge in [0.05, 0.1) is 22.4 Å². The lowest BCUT2D eigenvalue weighted by Gasteiger charge is -2.29. The highest BCUT2D eigenvalue weighted by Gasteiger charge is 2.30. The highest BCUT2D eigenvalue weighted by atomic mass is 19.1. The number of carbonyl (C=O) groups is 1. The van der Waals surface area contributed by atoms with Crippen molar-refractivity contribution in [3.63, 3.8) is 0 Å². The van der Waals surface area contributed by atoms with Crippen molar-refractivity contribution in [2.24, 2.45) is 0 Å². The average molecular weight is 379 g/mol.